The molecular formula is C25H46N6O3P+. The van der Waals surface area contributed by atoms with Crippen molar-refractivity contribution in [1.82, 2.24) is 25.7 Å². The number of unbranched alkanes of at least 4 members (excludes halogenated alkanes) is 11. The zero-order valence-corrected chi connectivity index (χ0v) is 22.8. The Kier molecular flexibility index (Phi) is 15.5. The molecule has 0 fully saturated rings. The fourth-order valence-electron chi connectivity index (χ4n) is 3.84. The third-order valence-corrected chi connectivity index (χ3v) is 7.15. The van der Waals surface area contributed by atoms with Crippen LogP contribution < -0.4 is 11.9 Å². The van der Waals surface area contributed by atoms with Crippen molar-refractivity contribution in [2.75, 3.05) is 25.4 Å². The quantitative estimate of drug-likeness (QED) is 0.127. The minimum atomic E-state index is -2.78. The number of quaternary nitrogens is 1. The number of nitrogen functional groups attached to an aromatic ring is 1. The zero-order chi connectivity index (χ0) is 24.7. The number of nitrogens with two attached hydrogens (primary N) is 1. The average Bonchev–Trinajstić information content (AvgIpc) is 3.22. The van der Waals surface area contributed by atoms with Crippen LogP contribution in [0.25, 0.3) is 11.2 Å². The van der Waals surface area contributed by atoms with E-state index in [4.69, 9.17) is 21.4 Å². The monoisotopic (exact) mass is 509 g/mol. The van der Waals surface area contributed by atoms with Crippen LogP contribution in [0.1, 0.15) is 84.0 Å². The van der Waals surface area contributed by atoms with E-state index in [1.807, 2.05) is 11.5 Å². The molecule has 2 rings (SSSR count). The second-order valence-corrected chi connectivity index (χ2v) is 11.7. The summed E-state index contributed by atoms with van der Waals surface area (Å²) in [5.41, 5.74) is 7.06. The Bertz CT molecular complexity index is 930. The van der Waals surface area contributed by atoms with Crippen molar-refractivity contribution in [3.63, 3.8) is 0 Å². The maximum Gasteiger partial charge on any atom is 0.225 e. The van der Waals surface area contributed by atoms with E-state index >= 15 is 0 Å². The lowest BCUT2D eigenvalue weighted by atomic mass is 10.1. The van der Waals surface area contributed by atoms with E-state index < -0.39 is 7.37 Å². The normalized spacial score (nSPS) is 13.7. The summed E-state index contributed by atoms with van der Waals surface area (Å²) in [6.45, 7) is 4.62. The first-order chi connectivity index (χ1) is 16.4. The molecular weight excluding hydrogens is 463 g/mol. The maximum absolute atomic E-state index is 12.7. The Hall–Kier alpha value is -1.98. The van der Waals surface area contributed by atoms with Crippen molar-refractivity contribution in [1.29, 1.82) is 0 Å². The van der Waals surface area contributed by atoms with Crippen molar-refractivity contribution >= 4 is 24.4 Å². The third kappa shape index (κ3) is 12.5. The molecule has 0 aliphatic heterocycles. The van der Waals surface area contributed by atoms with Crippen LogP contribution in [0.15, 0.2) is 12.7 Å². The molecule has 9 nitrogen and oxygen atoms in total. The van der Waals surface area contributed by atoms with Gasteiger partial charge in [-0.05, 0) is 19.8 Å². The standard InChI is InChI=1S/C25H42N5O3P.H3N/c1-4-5-6-7-8-9-10-11-12-13-14-15-16-17-33-34(3,31)21-32-22(2)18-30-20-29-23-24(26)27-19-28-25(23)30;/h1,19-20,22H,5-18,21H2,2-3H3,(H2,26,27,28);1H3/p+1/t22-,34?;/m1./s1. The molecule has 2 heterocycles. The topological polar surface area (TPSA) is 142 Å². The number of nitrogens with zero attached hydrogens (tertiary/aromatic N) is 4. The van der Waals surface area contributed by atoms with Gasteiger partial charge in [0, 0.05) is 13.1 Å². The molecule has 0 amide bonds. The molecule has 0 bridgehead atoms. The fraction of sp³-hybridized carbons (Fsp3) is 0.720. The maximum atomic E-state index is 12.7. The number of imidazole rings is 1. The third-order valence-electron chi connectivity index (χ3n) is 5.81. The number of ether oxygens (including phenoxy) is 1. The first kappa shape index (κ1) is 31.1. The molecule has 1 unspecified atom stereocenters. The molecule has 35 heavy (non-hydrogen) atoms. The van der Waals surface area contributed by atoms with Gasteiger partial charge in [-0.2, -0.15) is 0 Å². The zero-order valence-electron chi connectivity index (χ0n) is 22.0. The van der Waals surface area contributed by atoms with Gasteiger partial charge in [-0.15, -0.1) is 12.3 Å². The number of anilines is 1. The predicted molar refractivity (Wildman–Crippen MR) is 145 cm³/mol. The van der Waals surface area contributed by atoms with Crippen LogP contribution in [0, 0.1) is 12.3 Å². The molecule has 0 aromatic carbocycles. The number of fused-ring (bicyclic) bond motifs is 1. The molecule has 2 atom stereocenters. The van der Waals surface area contributed by atoms with Gasteiger partial charge in [-0.1, -0.05) is 57.8 Å². The Balaban J connectivity index is 0.00000612. The van der Waals surface area contributed by atoms with Gasteiger partial charge in [-0.3, -0.25) is 4.57 Å². The number of hydrogen-bond acceptors (Lipinski definition) is 7. The Morgan fingerprint density at radius 3 is 2.26 bits per heavy atom. The van der Waals surface area contributed by atoms with E-state index in [0.29, 0.717) is 30.1 Å². The SMILES string of the molecule is C#CCCCCCCCCCCCCCOP(C)(=O)CO[C@H](C)Cn1cnc2c(N)ncnc21.[NH4+]. The van der Waals surface area contributed by atoms with Crippen LogP contribution in [-0.4, -0.2) is 45.2 Å². The van der Waals surface area contributed by atoms with E-state index in [1.54, 1.807) is 13.0 Å². The Morgan fingerprint density at radius 2 is 1.63 bits per heavy atom. The Morgan fingerprint density at radius 1 is 1.03 bits per heavy atom. The fourth-order valence-corrected chi connectivity index (χ4v) is 4.95. The molecule has 0 aliphatic rings. The molecule has 0 saturated heterocycles. The minimum Gasteiger partial charge on any atom is -0.382 e. The summed E-state index contributed by atoms with van der Waals surface area (Å²) in [4.78, 5) is 12.4. The number of aromatic nitrogens is 4. The van der Waals surface area contributed by atoms with Crippen LogP contribution >= 0.6 is 7.37 Å². The molecule has 0 spiro atoms. The summed E-state index contributed by atoms with van der Waals surface area (Å²) in [5, 5.41) is 0. The van der Waals surface area contributed by atoms with Gasteiger partial charge in [0.05, 0.1) is 25.6 Å². The van der Waals surface area contributed by atoms with Crippen LogP contribution in [-0.2, 0) is 20.4 Å². The van der Waals surface area contributed by atoms with Crippen LogP contribution in [0.2, 0.25) is 0 Å². The van der Waals surface area contributed by atoms with E-state index in [1.165, 1.54) is 64.1 Å². The first-order valence-corrected chi connectivity index (χ1v) is 14.9. The lowest BCUT2D eigenvalue weighted by Gasteiger charge is -2.18. The smallest absolute Gasteiger partial charge is 0.225 e. The molecule has 10 heteroatoms. The second kappa shape index (κ2) is 17.4. The summed E-state index contributed by atoms with van der Waals surface area (Å²) in [6.07, 6.45) is 22.7. The van der Waals surface area contributed by atoms with Gasteiger partial charge in [0.25, 0.3) is 0 Å². The van der Waals surface area contributed by atoms with E-state index in [0.717, 1.165) is 19.3 Å². The molecule has 6 N–H and O–H groups in total. The van der Waals surface area contributed by atoms with Crippen molar-refractivity contribution in [3.05, 3.63) is 12.7 Å². The number of terminal acetylenes is 1. The van der Waals surface area contributed by atoms with Crippen molar-refractivity contribution < 1.29 is 13.8 Å². The Labute approximate surface area is 211 Å². The summed E-state index contributed by atoms with van der Waals surface area (Å²) in [6, 6.07) is 0. The molecule has 0 saturated carbocycles. The summed E-state index contributed by atoms with van der Waals surface area (Å²) < 4.78 is 26.0. The number of rotatable bonds is 19. The highest BCUT2D eigenvalue weighted by Gasteiger charge is 2.19. The van der Waals surface area contributed by atoms with Gasteiger partial charge in [0.2, 0.25) is 7.37 Å². The summed E-state index contributed by atoms with van der Waals surface area (Å²) in [7, 11) is -2.78. The molecule has 2 aromatic heterocycles. The highest BCUT2D eigenvalue weighted by Crippen LogP contribution is 2.42. The van der Waals surface area contributed by atoms with E-state index in [2.05, 4.69) is 20.9 Å². The van der Waals surface area contributed by atoms with Gasteiger partial charge in [0.15, 0.2) is 11.5 Å². The van der Waals surface area contributed by atoms with Crippen molar-refractivity contribution in [3.8, 4) is 12.3 Å². The number of hydrogen-bond donors (Lipinski definition) is 2. The van der Waals surface area contributed by atoms with Gasteiger partial charge < -0.3 is 25.7 Å². The highest BCUT2D eigenvalue weighted by molar-refractivity contribution is 7.57. The van der Waals surface area contributed by atoms with Gasteiger partial charge >= 0.3 is 0 Å². The summed E-state index contributed by atoms with van der Waals surface area (Å²) in [5.74, 6) is 3.05. The van der Waals surface area contributed by atoms with Gasteiger partial charge in [-0.25, -0.2) is 15.0 Å². The first-order valence-electron chi connectivity index (χ1n) is 12.6. The van der Waals surface area contributed by atoms with E-state index in [-0.39, 0.29) is 18.6 Å². The molecule has 2 aromatic rings. The minimum absolute atomic E-state index is 0. The van der Waals surface area contributed by atoms with Gasteiger partial charge in [0.1, 0.15) is 18.2 Å². The van der Waals surface area contributed by atoms with Crippen molar-refractivity contribution in [2.24, 2.45) is 0 Å². The highest BCUT2D eigenvalue weighted by atomic mass is 31.2. The van der Waals surface area contributed by atoms with Crippen molar-refractivity contribution in [2.45, 2.75) is 96.6 Å². The van der Waals surface area contributed by atoms with Crippen LogP contribution in [0.5, 0.6) is 0 Å². The average molecular weight is 510 g/mol. The largest absolute Gasteiger partial charge is 0.382 e. The second-order valence-electron chi connectivity index (χ2n) is 9.12. The lowest BCUT2D eigenvalue weighted by molar-refractivity contribution is 0.0799. The molecule has 198 valence electrons. The van der Waals surface area contributed by atoms with Crippen LogP contribution in [0.4, 0.5) is 5.82 Å². The van der Waals surface area contributed by atoms with E-state index in [9.17, 15) is 4.57 Å². The summed E-state index contributed by atoms with van der Waals surface area (Å²) >= 11 is 0. The molecule has 0 aliphatic carbocycles. The lowest BCUT2D eigenvalue weighted by Crippen LogP contribution is -2.17. The predicted octanol–water partition coefficient (Wildman–Crippen LogP) is 6.39. The molecule has 0 radical (unpaired) electrons. The van der Waals surface area contributed by atoms with Crippen LogP contribution in [0.3, 0.4) is 0 Å².